The van der Waals surface area contributed by atoms with E-state index in [0.717, 1.165) is 24.2 Å². The summed E-state index contributed by atoms with van der Waals surface area (Å²) in [5.74, 6) is -0.0257. The van der Waals surface area contributed by atoms with Crippen LogP contribution in [0.15, 0.2) is 65.5 Å². The largest absolute Gasteiger partial charge is 0.478 e. The number of fused-ring (bicyclic) bond motifs is 4. The number of anilines is 1. The van der Waals surface area contributed by atoms with Crippen LogP contribution >= 0.6 is 0 Å². The van der Waals surface area contributed by atoms with Gasteiger partial charge in [-0.25, -0.2) is 9.78 Å². The summed E-state index contributed by atoms with van der Waals surface area (Å²) in [5, 5.41) is 9.72. The SMILES string of the molecule is Cc1ccc(C(=O)O)c(N2C[C@H]3C[C@@H](C2)[C@H](Cc2ccccc2)n2c3cccc2=O)n1. The number of pyridine rings is 2. The van der Waals surface area contributed by atoms with E-state index in [-0.39, 0.29) is 29.0 Å². The average molecular weight is 415 g/mol. The number of hydrogen-bond donors (Lipinski definition) is 1. The smallest absolute Gasteiger partial charge is 0.339 e. The zero-order valence-corrected chi connectivity index (χ0v) is 17.4. The Hall–Kier alpha value is -3.41. The first-order valence-electron chi connectivity index (χ1n) is 10.7. The minimum atomic E-state index is -0.962. The molecule has 0 radical (unpaired) electrons. The van der Waals surface area contributed by atoms with Crippen LogP contribution in [0.1, 0.15) is 45.7 Å². The van der Waals surface area contributed by atoms with Gasteiger partial charge in [-0.05, 0) is 49.4 Å². The number of carboxylic acid groups (broad SMARTS) is 1. The number of aryl methyl sites for hydroxylation is 1. The highest BCUT2D eigenvalue weighted by Crippen LogP contribution is 2.43. The predicted octanol–water partition coefficient (Wildman–Crippen LogP) is 3.66. The van der Waals surface area contributed by atoms with Crippen LogP contribution < -0.4 is 10.5 Å². The molecule has 2 aliphatic heterocycles. The van der Waals surface area contributed by atoms with Gasteiger partial charge in [0, 0.05) is 42.5 Å². The van der Waals surface area contributed by atoms with Gasteiger partial charge in [-0.2, -0.15) is 0 Å². The number of nitrogens with zero attached hydrogens (tertiary/aromatic N) is 3. The number of rotatable bonds is 4. The highest BCUT2D eigenvalue weighted by Gasteiger charge is 2.41. The molecule has 0 saturated carbocycles. The molecule has 0 amide bonds. The second-order valence-electron chi connectivity index (χ2n) is 8.64. The van der Waals surface area contributed by atoms with Crippen LogP contribution in [0.3, 0.4) is 0 Å². The van der Waals surface area contributed by atoms with Crippen molar-refractivity contribution in [3.8, 4) is 0 Å². The molecule has 1 saturated heterocycles. The van der Waals surface area contributed by atoms with E-state index in [0.29, 0.717) is 18.9 Å². The molecule has 2 aliphatic rings. The fourth-order valence-corrected chi connectivity index (χ4v) is 5.28. The number of piperidine rings is 1. The fourth-order valence-electron chi connectivity index (χ4n) is 5.28. The molecule has 4 heterocycles. The van der Waals surface area contributed by atoms with E-state index in [1.165, 1.54) is 5.56 Å². The second-order valence-corrected chi connectivity index (χ2v) is 8.64. The number of aromatic nitrogens is 2. The molecular formula is C25H25N3O3. The second kappa shape index (κ2) is 7.69. The molecule has 1 N–H and O–H groups in total. The monoisotopic (exact) mass is 415 g/mol. The van der Waals surface area contributed by atoms with Crippen LogP contribution in [0.4, 0.5) is 5.82 Å². The minimum Gasteiger partial charge on any atom is -0.478 e. The quantitative estimate of drug-likeness (QED) is 0.704. The summed E-state index contributed by atoms with van der Waals surface area (Å²) in [6.07, 6.45) is 1.77. The topological polar surface area (TPSA) is 75.4 Å². The third kappa shape index (κ3) is 3.52. The molecular weight excluding hydrogens is 390 g/mol. The van der Waals surface area contributed by atoms with Gasteiger partial charge in [0.25, 0.3) is 5.56 Å². The van der Waals surface area contributed by atoms with E-state index in [1.807, 2.05) is 41.8 Å². The molecule has 5 rings (SSSR count). The summed E-state index contributed by atoms with van der Waals surface area (Å²) >= 11 is 0. The molecule has 3 aromatic rings. The molecule has 6 nitrogen and oxygen atoms in total. The molecule has 158 valence electrons. The lowest BCUT2D eigenvalue weighted by molar-refractivity contribution is 0.0696. The summed E-state index contributed by atoms with van der Waals surface area (Å²) < 4.78 is 1.99. The Morgan fingerprint density at radius 1 is 1.06 bits per heavy atom. The Morgan fingerprint density at radius 3 is 2.65 bits per heavy atom. The highest BCUT2D eigenvalue weighted by atomic mass is 16.4. The van der Waals surface area contributed by atoms with E-state index < -0.39 is 5.97 Å². The van der Waals surface area contributed by atoms with Gasteiger partial charge in [-0.15, -0.1) is 0 Å². The van der Waals surface area contributed by atoms with Crippen molar-refractivity contribution in [2.45, 2.75) is 31.7 Å². The van der Waals surface area contributed by atoms with Crippen molar-refractivity contribution < 1.29 is 9.90 Å². The Labute approximate surface area is 180 Å². The molecule has 1 aromatic carbocycles. The summed E-state index contributed by atoms with van der Waals surface area (Å²) in [6.45, 7) is 3.23. The van der Waals surface area contributed by atoms with Crippen molar-refractivity contribution in [3.63, 3.8) is 0 Å². The summed E-state index contributed by atoms with van der Waals surface area (Å²) in [7, 11) is 0. The van der Waals surface area contributed by atoms with E-state index >= 15 is 0 Å². The van der Waals surface area contributed by atoms with Gasteiger partial charge in [-0.3, -0.25) is 4.79 Å². The lowest BCUT2D eigenvalue weighted by Crippen LogP contribution is -2.50. The number of aromatic carboxylic acids is 1. The third-order valence-corrected chi connectivity index (χ3v) is 6.63. The zero-order chi connectivity index (χ0) is 21.5. The van der Waals surface area contributed by atoms with Gasteiger partial charge in [0.15, 0.2) is 0 Å². The predicted molar refractivity (Wildman–Crippen MR) is 119 cm³/mol. The minimum absolute atomic E-state index is 0.0308. The Bertz CT molecular complexity index is 1190. The van der Waals surface area contributed by atoms with E-state index in [4.69, 9.17) is 0 Å². The highest BCUT2D eigenvalue weighted by molar-refractivity contribution is 5.93. The third-order valence-electron chi connectivity index (χ3n) is 6.63. The number of carbonyl (C=O) groups is 1. The molecule has 0 aliphatic carbocycles. The Kier molecular flexibility index (Phi) is 4.85. The number of benzene rings is 1. The van der Waals surface area contributed by atoms with E-state index in [1.54, 1.807) is 18.2 Å². The molecule has 6 heteroatoms. The summed E-state index contributed by atoms with van der Waals surface area (Å²) in [5.41, 5.74) is 3.31. The van der Waals surface area contributed by atoms with Crippen LogP contribution in [0.5, 0.6) is 0 Å². The molecule has 2 bridgehead atoms. The molecule has 0 unspecified atom stereocenters. The van der Waals surface area contributed by atoms with Crippen molar-refractivity contribution in [1.82, 2.24) is 9.55 Å². The zero-order valence-electron chi connectivity index (χ0n) is 17.4. The lowest BCUT2D eigenvalue weighted by Gasteiger charge is -2.47. The normalized spacial score (nSPS) is 22.1. The molecule has 3 atom stereocenters. The summed E-state index contributed by atoms with van der Waals surface area (Å²) in [6, 6.07) is 19.2. The number of carboxylic acids is 1. The first kappa shape index (κ1) is 19.5. The van der Waals surface area contributed by atoms with Crippen LogP contribution in [0.25, 0.3) is 0 Å². The van der Waals surface area contributed by atoms with Crippen molar-refractivity contribution in [3.05, 3.63) is 93.5 Å². The van der Waals surface area contributed by atoms with Gasteiger partial charge in [0.1, 0.15) is 11.4 Å². The summed E-state index contributed by atoms with van der Waals surface area (Å²) in [4.78, 5) is 31.5. The molecule has 1 fully saturated rings. The van der Waals surface area contributed by atoms with Crippen molar-refractivity contribution in [2.75, 3.05) is 18.0 Å². The maximum Gasteiger partial charge on any atom is 0.339 e. The Balaban J connectivity index is 1.58. The van der Waals surface area contributed by atoms with Crippen LogP contribution in [0, 0.1) is 12.8 Å². The van der Waals surface area contributed by atoms with Gasteiger partial charge >= 0.3 is 5.97 Å². The van der Waals surface area contributed by atoms with Gasteiger partial charge in [0.05, 0.1) is 0 Å². The molecule has 31 heavy (non-hydrogen) atoms. The molecule has 0 spiro atoms. The van der Waals surface area contributed by atoms with Crippen molar-refractivity contribution in [2.24, 2.45) is 5.92 Å². The lowest BCUT2D eigenvalue weighted by atomic mass is 9.76. The standard InChI is InChI=1S/C25H25N3O3/c1-16-10-11-20(25(30)31)24(26-16)27-14-18-13-19(15-27)22(12-17-6-3-2-4-7-17)28-21(18)8-5-9-23(28)29/h2-11,18-19,22H,12-15H2,1H3,(H,30,31)/t18-,19+,22+/m1/s1. The van der Waals surface area contributed by atoms with Gasteiger partial charge < -0.3 is 14.6 Å². The van der Waals surface area contributed by atoms with Crippen molar-refractivity contribution in [1.29, 1.82) is 0 Å². The van der Waals surface area contributed by atoms with E-state index in [9.17, 15) is 14.7 Å². The average Bonchev–Trinajstić information content (AvgIpc) is 2.77. The van der Waals surface area contributed by atoms with Crippen LogP contribution in [0.2, 0.25) is 0 Å². The Morgan fingerprint density at radius 2 is 1.87 bits per heavy atom. The first-order chi connectivity index (χ1) is 15.0. The van der Waals surface area contributed by atoms with Gasteiger partial charge in [0.2, 0.25) is 0 Å². The van der Waals surface area contributed by atoms with Gasteiger partial charge in [-0.1, -0.05) is 36.4 Å². The maximum atomic E-state index is 12.9. The van der Waals surface area contributed by atoms with Crippen LogP contribution in [-0.2, 0) is 6.42 Å². The molecule has 2 aromatic heterocycles. The van der Waals surface area contributed by atoms with Crippen LogP contribution in [-0.4, -0.2) is 33.7 Å². The van der Waals surface area contributed by atoms with E-state index in [2.05, 4.69) is 22.0 Å². The first-order valence-corrected chi connectivity index (χ1v) is 10.7. The fraction of sp³-hybridized carbons (Fsp3) is 0.320. The number of hydrogen-bond acceptors (Lipinski definition) is 4. The van der Waals surface area contributed by atoms with Crippen molar-refractivity contribution >= 4 is 11.8 Å². The maximum absolute atomic E-state index is 12.9.